The number of hydrogen-bond donors (Lipinski definition) is 2. The normalized spacial score (nSPS) is 29.8. The zero-order valence-corrected chi connectivity index (χ0v) is 7.87. The number of alkyl halides is 1. The molecule has 12 heavy (non-hydrogen) atoms. The van der Waals surface area contributed by atoms with Gasteiger partial charge in [-0.15, -0.1) is 12.4 Å². The van der Waals surface area contributed by atoms with Crippen LogP contribution in [0.5, 0.6) is 0 Å². The maximum atomic E-state index is 12.7. The van der Waals surface area contributed by atoms with Crippen molar-refractivity contribution in [3.8, 4) is 0 Å². The van der Waals surface area contributed by atoms with Crippen molar-refractivity contribution in [2.45, 2.75) is 6.17 Å². The van der Waals surface area contributed by atoms with Crippen LogP contribution in [0.25, 0.3) is 0 Å². The maximum Gasteiger partial charge on any atom is 0.265 e. The van der Waals surface area contributed by atoms with Gasteiger partial charge in [0.05, 0.1) is 5.75 Å². The Hall–Kier alpha value is 0.0900. The Balaban J connectivity index is 0.00000121. The number of rotatable bonds is 2. The van der Waals surface area contributed by atoms with Crippen molar-refractivity contribution in [2.75, 3.05) is 18.8 Å². The van der Waals surface area contributed by atoms with E-state index in [1.807, 2.05) is 0 Å². The van der Waals surface area contributed by atoms with E-state index in [2.05, 4.69) is 5.32 Å². The van der Waals surface area contributed by atoms with E-state index >= 15 is 0 Å². The molecule has 0 aromatic heterocycles. The monoisotopic (exact) mass is 219 g/mol. The Morgan fingerprint density at radius 1 is 1.50 bits per heavy atom. The molecule has 1 heterocycles. The summed E-state index contributed by atoms with van der Waals surface area (Å²) in [6, 6.07) is 0. The topological polar surface area (TPSA) is 66.4 Å². The number of nitrogens with one attached hydrogen (secondary N) is 1. The van der Waals surface area contributed by atoms with Crippen molar-refractivity contribution in [1.82, 2.24) is 5.32 Å². The average molecular weight is 220 g/mol. The van der Waals surface area contributed by atoms with Gasteiger partial charge in [-0.3, -0.25) is 4.55 Å². The Labute approximate surface area is 76.7 Å². The molecule has 0 radical (unpaired) electrons. The first-order valence-electron chi connectivity index (χ1n) is 3.29. The van der Waals surface area contributed by atoms with Crippen molar-refractivity contribution in [3.05, 3.63) is 0 Å². The Bertz CT molecular complexity index is 233. The standard InChI is InChI=1S/C5H10FNO3S.ClH/c6-5-2-7-1-4(5)3-11(8,9)10;/h4-5,7H,1-3H2,(H,8,9,10);1H. The second-order valence-corrected chi connectivity index (χ2v) is 4.18. The fraction of sp³-hybridized carbons (Fsp3) is 1.00. The maximum absolute atomic E-state index is 12.7. The smallest absolute Gasteiger partial charge is 0.265 e. The molecule has 0 aromatic rings. The molecule has 74 valence electrons. The van der Waals surface area contributed by atoms with Gasteiger partial charge in [0.15, 0.2) is 0 Å². The first-order valence-corrected chi connectivity index (χ1v) is 4.90. The van der Waals surface area contributed by atoms with Crippen LogP contribution in [0.4, 0.5) is 4.39 Å². The fourth-order valence-corrected chi connectivity index (χ4v) is 2.00. The molecular weight excluding hydrogens is 209 g/mol. The van der Waals surface area contributed by atoms with Crippen molar-refractivity contribution in [3.63, 3.8) is 0 Å². The fourth-order valence-electron chi connectivity index (χ4n) is 1.14. The van der Waals surface area contributed by atoms with Gasteiger partial charge >= 0.3 is 0 Å². The molecule has 4 nitrogen and oxygen atoms in total. The Morgan fingerprint density at radius 2 is 2.08 bits per heavy atom. The second kappa shape index (κ2) is 4.36. The largest absolute Gasteiger partial charge is 0.313 e. The molecule has 2 N–H and O–H groups in total. The van der Waals surface area contributed by atoms with Gasteiger partial charge in [0.25, 0.3) is 10.1 Å². The van der Waals surface area contributed by atoms with Gasteiger partial charge in [0, 0.05) is 19.0 Å². The van der Waals surface area contributed by atoms with Gasteiger partial charge in [-0.05, 0) is 0 Å². The number of hydrogen-bond acceptors (Lipinski definition) is 3. The van der Waals surface area contributed by atoms with E-state index < -0.39 is 28.0 Å². The summed E-state index contributed by atoms with van der Waals surface area (Å²) in [5, 5.41) is 2.69. The second-order valence-electron chi connectivity index (χ2n) is 2.68. The quantitative estimate of drug-likeness (QED) is 0.635. The lowest BCUT2D eigenvalue weighted by Crippen LogP contribution is -2.23. The Kier molecular flexibility index (Phi) is 4.39. The third kappa shape index (κ3) is 3.66. The third-order valence-electron chi connectivity index (χ3n) is 1.68. The molecule has 0 amide bonds. The van der Waals surface area contributed by atoms with Crippen LogP contribution in [0, 0.1) is 5.92 Å². The summed E-state index contributed by atoms with van der Waals surface area (Å²) in [7, 11) is -4.02. The zero-order chi connectivity index (χ0) is 8.48. The molecule has 2 atom stereocenters. The summed E-state index contributed by atoms with van der Waals surface area (Å²) < 4.78 is 41.6. The molecule has 0 spiro atoms. The molecule has 1 saturated heterocycles. The third-order valence-corrected chi connectivity index (χ3v) is 2.53. The van der Waals surface area contributed by atoms with Gasteiger partial charge in [-0.25, -0.2) is 4.39 Å². The first-order chi connectivity index (χ1) is 4.99. The van der Waals surface area contributed by atoms with Crippen molar-refractivity contribution < 1.29 is 17.4 Å². The predicted molar refractivity (Wildman–Crippen MR) is 44.9 cm³/mol. The van der Waals surface area contributed by atoms with Crippen LogP contribution in [0.1, 0.15) is 0 Å². The van der Waals surface area contributed by atoms with Crippen molar-refractivity contribution in [2.24, 2.45) is 5.92 Å². The molecule has 1 aliphatic heterocycles. The summed E-state index contributed by atoms with van der Waals surface area (Å²) in [5.74, 6) is -1.08. The van der Waals surface area contributed by atoms with E-state index in [4.69, 9.17) is 4.55 Å². The minimum absolute atomic E-state index is 0. The SMILES string of the molecule is Cl.O=S(=O)(O)CC1CNCC1F. The molecule has 1 fully saturated rings. The molecule has 0 bridgehead atoms. The molecule has 0 aliphatic carbocycles. The predicted octanol–water partition coefficient (Wildman–Crippen LogP) is -0.147. The van der Waals surface area contributed by atoms with Crippen LogP contribution in [0.15, 0.2) is 0 Å². The van der Waals surface area contributed by atoms with Gasteiger partial charge in [-0.2, -0.15) is 8.42 Å². The minimum Gasteiger partial charge on any atom is -0.313 e. The van der Waals surface area contributed by atoms with Crippen LogP contribution in [-0.4, -0.2) is 38.0 Å². The molecule has 2 unspecified atom stereocenters. The van der Waals surface area contributed by atoms with E-state index in [1.165, 1.54) is 0 Å². The summed E-state index contributed by atoms with van der Waals surface area (Å²) >= 11 is 0. The molecule has 1 rings (SSSR count). The van der Waals surface area contributed by atoms with Crippen LogP contribution in [-0.2, 0) is 10.1 Å². The molecule has 7 heteroatoms. The average Bonchev–Trinajstić information content (AvgIpc) is 2.12. The minimum atomic E-state index is -4.02. The summed E-state index contributed by atoms with van der Waals surface area (Å²) in [6.07, 6.45) is -1.16. The van der Waals surface area contributed by atoms with E-state index in [-0.39, 0.29) is 19.0 Å². The lowest BCUT2D eigenvalue weighted by molar-refractivity contribution is 0.296. The zero-order valence-electron chi connectivity index (χ0n) is 6.23. The van der Waals surface area contributed by atoms with Crippen LogP contribution in [0.2, 0.25) is 0 Å². The van der Waals surface area contributed by atoms with Crippen LogP contribution >= 0.6 is 12.4 Å². The lowest BCUT2D eigenvalue weighted by Gasteiger charge is -2.07. The summed E-state index contributed by atoms with van der Waals surface area (Å²) in [5.41, 5.74) is 0. The summed E-state index contributed by atoms with van der Waals surface area (Å²) in [6.45, 7) is 0.501. The summed E-state index contributed by atoms with van der Waals surface area (Å²) in [4.78, 5) is 0. The highest BCUT2D eigenvalue weighted by Gasteiger charge is 2.30. The lowest BCUT2D eigenvalue weighted by atomic mass is 10.1. The van der Waals surface area contributed by atoms with Crippen LogP contribution < -0.4 is 5.32 Å². The van der Waals surface area contributed by atoms with Crippen LogP contribution in [0.3, 0.4) is 0 Å². The number of halogens is 2. The van der Waals surface area contributed by atoms with E-state index in [9.17, 15) is 12.8 Å². The highest BCUT2D eigenvalue weighted by Crippen LogP contribution is 2.13. The van der Waals surface area contributed by atoms with Gasteiger partial charge in [0.2, 0.25) is 0 Å². The Morgan fingerprint density at radius 3 is 2.42 bits per heavy atom. The molecular formula is C5H11ClFNO3S. The van der Waals surface area contributed by atoms with Gasteiger partial charge in [-0.1, -0.05) is 0 Å². The molecule has 0 saturated carbocycles. The van der Waals surface area contributed by atoms with Gasteiger partial charge in [0.1, 0.15) is 6.17 Å². The molecule has 0 aromatic carbocycles. The van der Waals surface area contributed by atoms with Gasteiger partial charge < -0.3 is 5.32 Å². The molecule has 1 aliphatic rings. The van der Waals surface area contributed by atoms with E-state index in [0.29, 0.717) is 6.54 Å². The van der Waals surface area contributed by atoms with E-state index in [0.717, 1.165) is 0 Å². The highest BCUT2D eigenvalue weighted by atomic mass is 35.5. The first kappa shape index (κ1) is 12.1. The van der Waals surface area contributed by atoms with E-state index in [1.54, 1.807) is 0 Å². The van der Waals surface area contributed by atoms with Crippen molar-refractivity contribution in [1.29, 1.82) is 0 Å². The van der Waals surface area contributed by atoms with Crippen molar-refractivity contribution >= 4 is 22.5 Å². The highest BCUT2D eigenvalue weighted by molar-refractivity contribution is 7.85.